The Labute approximate surface area is 129 Å². The Bertz CT molecular complexity index is 904. The van der Waals surface area contributed by atoms with E-state index in [4.69, 9.17) is 10.3 Å². The molecule has 3 heterocycles. The maximum atomic E-state index is 6.05. The van der Waals surface area contributed by atoms with Crippen LogP contribution in [0.3, 0.4) is 0 Å². The molecule has 4 rings (SSSR count). The fraction of sp³-hybridized carbons (Fsp3) is 0.0625. The molecule has 21 heavy (non-hydrogen) atoms. The van der Waals surface area contributed by atoms with Crippen LogP contribution in [-0.2, 0) is 0 Å². The van der Waals surface area contributed by atoms with Crippen molar-refractivity contribution in [2.45, 2.75) is 6.92 Å². The van der Waals surface area contributed by atoms with Crippen molar-refractivity contribution >= 4 is 37.9 Å². The second kappa shape index (κ2) is 4.72. The molecule has 0 saturated heterocycles. The minimum atomic E-state index is 0.441. The van der Waals surface area contributed by atoms with Gasteiger partial charge in [-0.2, -0.15) is 0 Å². The number of anilines is 1. The standard InChI is InChI=1S/C16H12N2OS2/c1-9-4-2-3-5-10(9)14-15(19-18-16(14)17)13-8-12-11(21-13)6-7-20-12/h2-8H,1H3,(H2,17,18). The lowest BCUT2D eigenvalue weighted by Crippen LogP contribution is -1.90. The molecule has 0 aliphatic heterocycles. The summed E-state index contributed by atoms with van der Waals surface area (Å²) in [5.41, 5.74) is 9.17. The Balaban J connectivity index is 1.95. The number of aromatic nitrogens is 1. The SMILES string of the molecule is Cc1ccccc1-c1c(N)noc1-c1cc2sccc2s1. The van der Waals surface area contributed by atoms with Crippen LogP contribution < -0.4 is 5.73 Å². The number of nitrogens with two attached hydrogens (primary N) is 1. The summed E-state index contributed by atoms with van der Waals surface area (Å²) < 4.78 is 8.06. The minimum absolute atomic E-state index is 0.441. The zero-order chi connectivity index (χ0) is 14.4. The van der Waals surface area contributed by atoms with E-state index in [2.05, 4.69) is 41.7 Å². The Hall–Kier alpha value is -2.11. The Morgan fingerprint density at radius 2 is 2.00 bits per heavy atom. The third-order valence-electron chi connectivity index (χ3n) is 3.50. The molecule has 0 aliphatic carbocycles. The van der Waals surface area contributed by atoms with Crippen molar-refractivity contribution in [3.8, 4) is 21.8 Å². The highest BCUT2D eigenvalue weighted by atomic mass is 32.1. The van der Waals surface area contributed by atoms with Crippen LogP contribution in [0.4, 0.5) is 5.82 Å². The van der Waals surface area contributed by atoms with E-state index >= 15 is 0 Å². The van der Waals surface area contributed by atoms with Crippen LogP contribution in [0.5, 0.6) is 0 Å². The first-order chi connectivity index (χ1) is 10.2. The molecule has 0 spiro atoms. The van der Waals surface area contributed by atoms with Crippen LogP contribution in [0.15, 0.2) is 46.3 Å². The minimum Gasteiger partial charge on any atom is -0.380 e. The van der Waals surface area contributed by atoms with Gasteiger partial charge in [0.15, 0.2) is 11.6 Å². The van der Waals surface area contributed by atoms with Gasteiger partial charge in [-0.05, 0) is 35.6 Å². The van der Waals surface area contributed by atoms with Gasteiger partial charge in [0, 0.05) is 9.40 Å². The number of rotatable bonds is 2. The first-order valence-electron chi connectivity index (χ1n) is 6.52. The molecule has 3 aromatic heterocycles. The summed E-state index contributed by atoms with van der Waals surface area (Å²) in [7, 11) is 0. The molecular weight excluding hydrogens is 300 g/mol. The zero-order valence-electron chi connectivity index (χ0n) is 11.3. The van der Waals surface area contributed by atoms with Gasteiger partial charge in [0.25, 0.3) is 0 Å². The molecule has 1 aromatic carbocycles. The number of nitrogens with zero attached hydrogens (tertiary/aromatic N) is 1. The average Bonchev–Trinajstić information content (AvgIpc) is 3.13. The zero-order valence-corrected chi connectivity index (χ0v) is 12.9. The number of aryl methyl sites for hydroxylation is 1. The van der Waals surface area contributed by atoms with Crippen molar-refractivity contribution < 1.29 is 4.52 Å². The van der Waals surface area contributed by atoms with Crippen LogP contribution in [0, 0.1) is 6.92 Å². The van der Waals surface area contributed by atoms with Crippen LogP contribution in [0.1, 0.15) is 5.56 Å². The molecule has 0 unspecified atom stereocenters. The summed E-state index contributed by atoms with van der Waals surface area (Å²) in [6.07, 6.45) is 0. The largest absolute Gasteiger partial charge is 0.380 e. The second-order valence-corrected chi connectivity index (χ2v) is 6.88. The lowest BCUT2D eigenvalue weighted by molar-refractivity contribution is 0.437. The second-order valence-electron chi connectivity index (χ2n) is 4.85. The van der Waals surface area contributed by atoms with Gasteiger partial charge < -0.3 is 10.3 Å². The van der Waals surface area contributed by atoms with E-state index in [1.54, 1.807) is 22.7 Å². The van der Waals surface area contributed by atoms with Crippen molar-refractivity contribution in [1.82, 2.24) is 5.16 Å². The summed E-state index contributed by atoms with van der Waals surface area (Å²) in [4.78, 5) is 1.07. The number of hydrogen-bond donors (Lipinski definition) is 1. The van der Waals surface area contributed by atoms with Crippen LogP contribution >= 0.6 is 22.7 Å². The summed E-state index contributed by atoms with van der Waals surface area (Å²) in [6.45, 7) is 2.07. The fourth-order valence-electron chi connectivity index (χ4n) is 2.46. The van der Waals surface area contributed by atoms with Gasteiger partial charge in [0.2, 0.25) is 0 Å². The Morgan fingerprint density at radius 3 is 2.81 bits per heavy atom. The summed E-state index contributed by atoms with van der Waals surface area (Å²) in [5.74, 6) is 1.20. The van der Waals surface area contributed by atoms with Gasteiger partial charge >= 0.3 is 0 Å². The molecule has 104 valence electrons. The van der Waals surface area contributed by atoms with Gasteiger partial charge in [-0.1, -0.05) is 29.4 Å². The highest BCUT2D eigenvalue weighted by Crippen LogP contribution is 2.43. The molecule has 0 atom stereocenters. The van der Waals surface area contributed by atoms with Gasteiger partial charge in [-0.15, -0.1) is 22.7 Å². The number of hydrogen-bond acceptors (Lipinski definition) is 5. The van der Waals surface area contributed by atoms with E-state index in [9.17, 15) is 0 Å². The van der Waals surface area contributed by atoms with Crippen LogP contribution in [0.2, 0.25) is 0 Å². The highest BCUT2D eigenvalue weighted by Gasteiger charge is 2.20. The van der Waals surface area contributed by atoms with Gasteiger partial charge in [-0.3, -0.25) is 0 Å². The van der Waals surface area contributed by atoms with Crippen LogP contribution in [-0.4, -0.2) is 5.16 Å². The molecule has 2 N–H and O–H groups in total. The predicted molar refractivity (Wildman–Crippen MR) is 89.8 cm³/mol. The molecule has 0 amide bonds. The molecule has 0 bridgehead atoms. The smallest absolute Gasteiger partial charge is 0.186 e. The maximum Gasteiger partial charge on any atom is 0.186 e. The lowest BCUT2D eigenvalue weighted by Gasteiger charge is -2.04. The van der Waals surface area contributed by atoms with Crippen molar-refractivity contribution in [2.24, 2.45) is 0 Å². The number of fused-ring (bicyclic) bond motifs is 1. The van der Waals surface area contributed by atoms with Crippen molar-refractivity contribution in [3.05, 3.63) is 47.3 Å². The molecular formula is C16H12N2OS2. The molecule has 5 heteroatoms. The first-order valence-corrected chi connectivity index (χ1v) is 8.22. The van der Waals surface area contributed by atoms with E-state index in [0.29, 0.717) is 5.82 Å². The van der Waals surface area contributed by atoms with Crippen molar-refractivity contribution in [3.63, 3.8) is 0 Å². The summed E-state index contributed by atoms with van der Waals surface area (Å²) >= 11 is 3.44. The van der Waals surface area contributed by atoms with Crippen molar-refractivity contribution in [2.75, 3.05) is 5.73 Å². The number of nitrogen functional groups attached to an aromatic ring is 1. The van der Waals surface area contributed by atoms with Crippen molar-refractivity contribution in [1.29, 1.82) is 0 Å². The van der Waals surface area contributed by atoms with Gasteiger partial charge in [0.05, 0.1) is 10.4 Å². The normalized spacial score (nSPS) is 11.3. The predicted octanol–water partition coefficient (Wildman–Crippen LogP) is 5.18. The molecule has 0 fully saturated rings. The van der Waals surface area contributed by atoms with E-state index in [1.165, 1.54) is 9.40 Å². The molecule has 0 saturated carbocycles. The first kappa shape index (κ1) is 12.6. The highest BCUT2D eigenvalue weighted by molar-refractivity contribution is 7.28. The third kappa shape index (κ3) is 1.97. The fourth-order valence-corrected chi connectivity index (χ4v) is 4.55. The van der Waals surface area contributed by atoms with E-state index in [1.807, 2.05) is 12.1 Å². The van der Waals surface area contributed by atoms with E-state index < -0.39 is 0 Å². The molecule has 4 aromatic rings. The van der Waals surface area contributed by atoms with E-state index in [0.717, 1.165) is 27.3 Å². The summed E-state index contributed by atoms with van der Waals surface area (Å²) in [6, 6.07) is 12.4. The summed E-state index contributed by atoms with van der Waals surface area (Å²) in [5, 5.41) is 6.08. The third-order valence-corrected chi connectivity index (χ3v) is 5.59. The maximum absolute atomic E-state index is 6.05. The Morgan fingerprint density at radius 1 is 1.14 bits per heavy atom. The van der Waals surface area contributed by atoms with Crippen LogP contribution in [0.25, 0.3) is 31.2 Å². The average molecular weight is 312 g/mol. The monoisotopic (exact) mass is 312 g/mol. The number of thiophene rings is 2. The van der Waals surface area contributed by atoms with Gasteiger partial charge in [0.1, 0.15) is 0 Å². The quantitative estimate of drug-likeness (QED) is 0.555. The van der Waals surface area contributed by atoms with Gasteiger partial charge in [-0.25, -0.2) is 0 Å². The Kier molecular flexibility index (Phi) is 2.83. The molecule has 0 radical (unpaired) electrons. The van der Waals surface area contributed by atoms with E-state index in [-0.39, 0.29) is 0 Å². The molecule has 0 aliphatic rings. The lowest BCUT2D eigenvalue weighted by atomic mass is 10.00. The topological polar surface area (TPSA) is 52.0 Å². The number of benzene rings is 1. The molecule has 3 nitrogen and oxygen atoms in total.